The zero-order valence-electron chi connectivity index (χ0n) is 8.81. The van der Waals surface area contributed by atoms with E-state index in [1.807, 2.05) is 43.3 Å². The lowest BCUT2D eigenvalue weighted by Crippen LogP contribution is -2.00. The molecule has 1 aromatic rings. The van der Waals surface area contributed by atoms with Crippen LogP contribution in [0, 0.1) is 0 Å². The number of ketones is 1. The minimum Gasteiger partial charge on any atom is -0.289 e. The van der Waals surface area contributed by atoms with Gasteiger partial charge in [0, 0.05) is 11.1 Å². The van der Waals surface area contributed by atoms with Crippen molar-refractivity contribution in [1.29, 1.82) is 0 Å². The van der Waals surface area contributed by atoms with Crippen LogP contribution in [-0.2, 0) is 0 Å². The normalized spacial score (nSPS) is 11.7. The molecule has 0 aromatic heterocycles. The molecule has 0 unspecified atom stereocenters. The fraction of sp³-hybridized carbons (Fsp3) is 0.0714. The number of carbonyl (C=O) groups excluding carboxylic acids is 1. The number of hydrogen-bond donors (Lipinski definition) is 0. The van der Waals surface area contributed by atoms with Gasteiger partial charge < -0.3 is 0 Å². The molecule has 0 aliphatic rings. The van der Waals surface area contributed by atoms with E-state index in [1.54, 1.807) is 18.2 Å². The van der Waals surface area contributed by atoms with Gasteiger partial charge in [0.05, 0.1) is 0 Å². The average Bonchev–Trinajstić information content (AvgIpc) is 2.29. The van der Waals surface area contributed by atoms with Gasteiger partial charge in [-0.25, -0.2) is 0 Å². The third-order valence-corrected chi connectivity index (χ3v) is 1.94. The van der Waals surface area contributed by atoms with Gasteiger partial charge in [0.2, 0.25) is 0 Å². The van der Waals surface area contributed by atoms with Gasteiger partial charge in [-0.1, -0.05) is 61.2 Å². The Kier molecular flexibility index (Phi) is 4.30. The van der Waals surface area contributed by atoms with E-state index < -0.39 is 0 Å². The first-order chi connectivity index (χ1) is 7.29. The van der Waals surface area contributed by atoms with Gasteiger partial charge in [-0.05, 0) is 6.92 Å². The summed E-state index contributed by atoms with van der Waals surface area (Å²) in [5.74, 6) is 0.0219. The van der Waals surface area contributed by atoms with Gasteiger partial charge in [-0.15, -0.1) is 0 Å². The number of hydrogen-bond acceptors (Lipinski definition) is 1. The van der Waals surface area contributed by atoms with Crippen LogP contribution in [0.15, 0.2) is 66.8 Å². The Bertz CT molecular complexity index is 397. The van der Waals surface area contributed by atoms with Crippen molar-refractivity contribution in [2.45, 2.75) is 6.92 Å². The second-order valence-corrected chi connectivity index (χ2v) is 3.05. The molecule has 0 spiro atoms. The number of rotatable bonds is 4. The Morgan fingerprint density at radius 1 is 1.27 bits per heavy atom. The molecule has 76 valence electrons. The Morgan fingerprint density at radius 2 is 1.93 bits per heavy atom. The number of allylic oxidation sites excluding steroid dienone is 5. The van der Waals surface area contributed by atoms with E-state index in [0.717, 1.165) is 0 Å². The lowest BCUT2D eigenvalue weighted by atomic mass is 10.0. The van der Waals surface area contributed by atoms with E-state index in [-0.39, 0.29) is 5.78 Å². The van der Waals surface area contributed by atoms with Gasteiger partial charge in [-0.3, -0.25) is 4.79 Å². The standard InChI is InChI=1S/C14H14O/c1-3-8-12(9-4-2)14(15)13-10-6-5-7-11-13/h3-11H,1H2,2H3. The molecule has 0 aliphatic heterocycles. The smallest absolute Gasteiger partial charge is 0.193 e. The highest BCUT2D eigenvalue weighted by atomic mass is 16.1. The van der Waals surface area contributed by atoms with Gasteiger partial charge in [0.15, 0.2) is 5.78 Å². The monoisotopic (exact) mass is 198 g/mol. The highest BCUT2D eigenvalue weighted by molar-refractivity contribution is 6.10. The molecule has 0 saturated carbocycles. The molecule has 0 amide bonds. The van der Waals surface area contributed by atoms with Gasteiger partial charge in [0.1, 0.15) is 0 Å². The van der Waals surface area contributed by atoms with Crippen molar-refractivity contribution in [1.82, 2.24) is 0 Å². The zero-order valence-corrected chi connectivity index (χ0v) is 8.81. The van der Waals surface area contributed by atoms with Crippen molar-refractivity contribution in [3.63, 3.8) is 0 Å². The van der Waals surface area contributed by atoms with Crippen LogP contribution in [0.4, 0.5) is 0 Å². The lowest BCUT2D eigenvalue weighted by Gasteiger charge is -2.00. The molecule has 0 N–H and O–H groups in total. The predicted molar refractivity (Wildman–Crippen MR) is 63.9 cm³/mol. The second kappa shape index (κ2) is 5.76. The Labute approximate surface area is 90.4 Å². The van der Waals surface area contributed by atoms with Crippen molar-refractivity contribution < 1.29 is 4.79 Å². The largest absolute Gasteiger partial charge is 0.289 e. The van der Waals surface area contributed by atoms with Crippen molar-refractivity contribution in [3.8, 4) is 0 Å². The molecular formula is C14H14O. The van der Waals surface area contributed by atoms with Crippen LogP contribution in [-0.4, -0.2) is 5.78 Å². The van der Waals surface area contributed by atoms with Crippen LogP contribution in [0.25, 0.3) is 0 Å². The van der Waals surface area contributed by atoms with Crippen LogP contribution in [0.3, 0.4) is 0 Å². The molecule has 0 fully saturated rings. The molecule has 1 heteroatoms. The molecule has 1 aromatic carbocycles. The lowest BCUT2D eigenvalue weighted by molar-refractivity contribution is 0.103. The first kappa shape index (κ1) is 11.2. The van der Waals surface area contributed by atoms with Gasteiger partial charge in [-0.2, -0.15) is 0 Å². The molecule has 0 heterocycles. The maximum Gasteiger partial charge on any atom is 0.193 e. The summed E-state index contributed by atoms with van der Waals surface area (Å²) in [5, 5.41) is 0. The quantitative estimate of drug-likeness (QED) is 0.410. The third-order valence-electron chi connectivity index (χ3n) is 1.94. The number of carbonyl (C=O) groups is 1. The van der Waals surface area contributed by atoms with E-state index in [0.29, 0.717) is 11.1 Å². The Morgan fingerprint density at radius 3 is 2.47 bits per heavy atom. The molecule has 0 radical (unpaired) electrons. The molecule has 1 rings (SSSR count). The summed E-state index contributed by atoms with van der Waals surface area (Å²) in [4.78, 5) is 12.0. The molecule has 0 aliphatic carbocycles. The van der Waals surface area contributed by atoms with E-state index in [2.05, 4.69) is 6.58 Å². The Balaban J connectivity index is 3.02. The fourth-order valence-electron chi connectivity index (χ4n) is 1.27. The Hall–Kier alpha value is -1.89. The van der Waals surface area contributed by atoms with Crippen LogP contribution in [0.5, 0.6) is 0 Å². The summed E-state index contributed by atoms with van der Waals surface area (Å²) in [6.45, 7) is 5.48. The maximum absolute atomic E-state index is 12.0. The summed E-state index contributed by atoms with van der Waals surface area (Å²) in [7, 11) is 0. The molecule has 0 saturated heterocycles. The van der Waals surface area contributed by atoms with Crippen molar-refractivity contribution in [3.05, 3.63) is 72.4 Å². The number of Topliss-reactive ketones (excluding diaryl/α,β-unsaturated/α-hetero) is 1. The van der Waals surface area contributed by atoms with E-state index >= 15 is 0 Å². The fourth-order valence-corrected chi connectivity index (χ4v) is 1.27. The van der Waals surface area contributed by atoms with Crippen molar-refractivity contribution in [2.24, 2.45) is 0 Å². The SMILES string of the molecule is C=CC=C(C=CC)C(=O)c1ccccc1. The summed E-state index contributed by atoms with van der Waals surface area (Å²) in [6.07, 6.45) is 6.97. The summed E-state index contributed by atoms with van der Waals surface area (Å²) >= 11 is 0. The minimum absolute atomic E-state index is 0.0219. The van der Waals surface area contributed by atoms with E-state index in [9.17, 15) is 4.79 Å². The number of benzene rings is 1. The molecule has 0 bridgehead atoms. The topological polar surface area (TPSA) is 17.1 Å². The molecule has 15 heavy (non-hydrogen) atoms. The van der Waals surface area contributed by atoms with Crippen LogP contribution in [0.2, 0.25) is 0 Å². The van der Waals surface area contributed by atoms with Gasteiger partial charge >= 0.3 is 0 Å². The van der Waals surface area contributed by atoms with Crippen LogP contribution >= 0.6 is 0 Å². The third kappa shape index (κ3) is 3.06. The van der Waals surface area contributed by atoms with Crippen LogP contribution in [0.1, 0.15) is 17.3 Å². The first-order valence-corrected chi connectivity index (χ1v) is 4.84. The highest BCUT2D eigenvalue weighted by Crippen LogP contribution is 2.09. The summed E-state index contributed by atoms with van der Waals surface area (Å²) in [6, 6.07) is 9.22. The van der Waals surface area contributed by atoms with Crippen molar-refractivity contribution in [2.75, 3.05) is 0 Å². The molecule has 1 nitrogen and oxygen atoms in total. The minimum atomic E-state index is 0.0219. The second-order valence-electron chi connectivity index (χ2n) is 3.05. The van der Waals surface area contributed by atoms with Crippen LogP contribution < -0.4 is 0 Å². The van der Waals surface area contributed by atoms with Gasteiger partial charge in [0.25, 0.3) is 0 Å². The van der Waals surface area contributed by atoms with Crippen molar-refractivity contribution >= 4 is 5.78 Å². The summed E-state index contributed by atoms with van der Waals surface area (Å²) < 4.78 is 0. The highest BCUT2D eigenvalue weighted by Gasteiger charge is 2.07. The maximum atomic E-state index is 12.0. The van der Waals surface area contributed by atoms with E-state index in [4.69, 9.17) is 0 Å². The van der Waals surface area contributed by atoms with E-state index in [1.165, 1.54) is 0 Å². The average molecular weight is 198 g/mol. The molecule has 0 atom stereocenters. The first-order valence-electron chi connectivity index (χ1n) is 4.84. The summed E-state index contributed by atoms with van der Waals surface area (Å²) in [5.41, 5.74) is 1.35. The molecular weight excluding hydrogens is 184 g/mol. The predicted octanol–water partition coefficient (Wildman–Crippen LogP) is 3.56. The zero-order chi connectivity index (χ0) is 11.1.